The van der Waals surface area contributed by atoms with Gasteiger partial charge in [0.1, 0.15) is 0 Å². The molecule has 1 saturated heterocycles. The third kappa shape index (κ3) is 3.77. The number of fused-ring (bicyclic) bond motifs is 1. The molecule has 4 rings (SSSR count). The van der Waals surface area contributed by atoms with Gasteiger partial charge in [0, 0.05) is 43.7 Å². The molecule has 2 aromatic rings. The van der Waals surface area contributed by atoms with E-state index in [1.165, 1.54) is 4.90 Å². The minimum absolute atomic E-state index is 0.0465. The number of amides is 3. The molecule has 1 aliphatic carbocycles. The summed E-state index contributed by atoms with van der Waals surface area (Å²) in [5.74, 6) is -0.797. The van der Waals surface area contributed by atoms with E-state index in [0.29, 0.717) is 17.1 Å². The molecule has 1 aromatic heterocycles. The number of anilines is 1. The summed E-state index contributed by atoms with van der Waals surface area (Å²) in [5, 5.41) is 2.75. The Balaban J connectivity index is 1.32. The number of carbonyl (C=O) groups is 4. The van der Waals surface area contributed by atoms with Crippen LogP contribution in [0.3, 0.4) is 0 Å². The molecule has 0 unspecified atom stereocenters. The number of hydrogen-bond donors (Lipinski definition) is 1. The number of rotatable bonds is 6. The average Bonchev–Trinajstić information content (AvgIpc) is 3.28. The smallest absolute Gasteiger partial charge is 0.233 e. The highest BCUT2D eigenvalue weighted by atomic mass is 16.2. The number of imide groups is 1. The van der Waals surface area contributed by atoms with Gasteiger partial charge in [0.15, 0.2) is 5.82 Å². The fourth-order valence-corrected chi connectivity index (χ4v) is 4.31. The number of nitrogens with zero attached hydrogens (tertiary/aromatic N) is 3. The van der Waals surface area contributed by atoms with Gasteiger partial charge in [-0.1, -0.05) is 12.8 Å². The maximum atomic E-state index is 12.5. The maximum Gasteiger partial charge on any atom is 0.233 e. The van der Waals surface area contributed by atoms with Gasteiger partial charge in [0.25, 0.3) is 0 Å². The molecular formula is C22H24N4O4. The van der Waals surface area contributed by atoms with Crippen LogP contribution in [0.5, 0.6) is 0 Å². The molecule has 1 saturated carbocycles. The topological polar surface area (TPSA) is 101 Å². The molecule has 156 valence electrons. The molecule has 2 aliphatic rings. The van der Waals surface area contributed by atoms with E-state index >= 15 is 0 Å². The van der Waals surface area contributed by atoms with E-state index in [2.05, 4.69) is 10.3 Å². The number of ketones is 1. The zero-order chi connectivity index (χ0) is 21.3. The molecule has 2 heterocycles. The van der Waals surface area contributed by atoms with Crippen molar-refractivity contribution >= 4 is 29.2 Å². The molecule has 1 N–H and O–H groups in total. The Morgan fingerprint density at radius 3 is 2.27 bits per heavy atom. The summed E-state index contributed by atoms with van der Waals surface area (Å²) in [4.78, 5) is 55.0. The predicted octanol–water partition coefficient (Wildman–Crippen LogP) is 2.15. The van der Waals surface area contributed by atoms with E-state index in [-0.39, 0.29) is 48.3 Å². The fourth-order valence-electron chi connectivity index (χ4n) is 4.31. The van der Waals surface area contributed by atoms with Gasteiger partial charge in [0.2, 0.25) is 23.5 Å². The van der Waals surface area contributed by atoms with E-state index in [1.54, 1.807) is 48.3 Å². The third-order valence-corrected chi connectivity index (χ3v) is 5.95. The van der Waals surface area contributed by atoms with Crippen LogP contribution in [0, 0.1) is 11.8 Å². The molecule has 1 aromatic carbocycles. The highest BCUT2D eigenvalue weighted by Gasteiger charge is 2.47. The van der Waals surface area contributed by atoms with Crippen molar-refractivity contribution in [2.45, 2.75) is 32.1 Å². The van der Waals surface area contributed by atoms with Crippen LogP contribution in [0.2, 0.25) is 0 Å². The number of likely N-dealkylation sites (tertiary alicyclic amines) is 1. The Kier molecular flexibility index (Phi) is 5.48. The number of hydrogen-bond acceptors (Lipinski definition) is 5. The zero-order valence-corrected chi connectivity index (χ0v) is 16.8. The van der Waals surface area contributed by atoms with Gasteiger partial charge in [0.05, 0.1) is 11.8 Å². The van der Waals surface area contributed by atoms with E-state index < -0.39 is 0 Å². The number of aromatic nitrogens is 2. The van der Waals surface area contributed by atoms with Crippen LogP contribution in [0.25, 0.3) is 0 Å². The molecule has 0 bridgehead atoms. The molecule has 8 nitrogen and oxygen atoms in total. The zero-order valence-electron chi connectivity index (χ0n) is 16.8. The van der Waals surface area contributed by atoms with Gasteiger partial charge in [-0.3, -0.25) is 24.1 Å². The van der Waals surface area contributed by atoms with Crippen molar-refractivity contribution in [1.29, 1.82) is 0 Å². The standard InChI is InChI=1S/C22H24N4O4/c1-25-13-11-23-20(25)19(28)14-6-8-15(9-7-14)24-18(27)10-12-26-21(29)16-4-2-3-5-17(16)22(26)30/h6-9,11,13,16-17H,2-5,10,12H2,1H3,(H,24,27)/t16-,17-/m0/s1. The van der Waals surface area contributed by atoms with Crippen LogP contribution in [0.15, 0.2) is 36.7 Å². The van der Waals surface area contributed by atoms with E-state index in [1.807, 2.05) is 0 Å². The van der Waals surface area contributed by atoms with Crippen LogP contribution in [0.4, 0.5) is 5.69 Å². The van der Waals surface area contributed by atoms with Gasteiger partial charge in [-0.25, -0.2) is 4.98 Å². The van der Waals surface area contributed by atoms with Gasteiger partial charge in [-0.05, 0) is 37.1 Å². The average molecular weight is 408 g/mol. The lowest BCUT2D eigenvalue weighted by Crippen LogP contribution is -2.34. The second-order valence-corrected chi connectivity index (χ2v) is 7.89. The van der Waals surface area contributed by atoms with Gasteiger partial charge in [-0.15, -0.1) is 0 Å². The summed E-state index contributed by atoms with van der Waals surface area (Å²) in [5.41, 5.74) is 1.02. The fraction of sp³-hybridized carbons (Fsp3) is 0.409. The minimum Gasteiger partial charge on any atom is -0.331 e. The molecule has 3 amide bonds. The van der Waals surface area contributed by atoms with Crippen LogP contribution in [-0.4, -0.2) is 44.5 Å². The normalized spacial score (nSPS) is 20.9. The monoisotopic (exact) mass is 408 g/mol. The van der Waals surface area contributed by atoms with Crippen LogP contribution in [-0.2, 0) is 21.4 Å². The number of nitrogens with one attached hydrogen (secondary N) is 1. The lowest BCUT2D eigenvalue weighted by molar-refractivity contribution is -0.140. The molecule has 0 radical (unpaired) electrons. The minimum atomic E-state index is -0.284. The van der Waals surface area contributed by atoms with Crippen molar-refractivity contribution in [2.75, 3.05) is 11.9 Å². The Morgan fingerprint density at radius 1 is 1.07 bits per heavy atom. The lowest BCUT2D eigenvalue weighted by Gasteiger charge is -2.19. The summed E-state index contributed by atoms with van der Waals surface area (Å²) in [7, 11) is 1.75. The largest absolute Gasteiger partial charge is 0.331 e. The van der Waals surface area contributed by atoms with Crippen molar-refractivity contribution in [1.82, 2.24) is 14.5 Å². The van der Waals surface area contributed by atoms with Crippen molar-refractivity contribution in [3.8, 4) is 0 Å². The lowest BCUT2D eigenvalue weighted by atomic mass is 9.81. The number of aryl methyl sites for hydroxylation is 1. The first kappa shape index (κ1) is 20.0. The molecule has 1 aliphatic heterocycles. The molecule has 30 heavy (non-hydrogen) atoms. The van der Waals surface area contributed by atoms with Crippen LogP contribution in [0.1, 0.15) is 48.3 Å². The Hall–Kier alpha value is -3.29. The van der Waals surface area contributed by atoms with Gasteiger partial charge >= 0.3 is 0 Å². The van der Waals surface area contributed by atoms with Crippen molar-refractivity contribution in [2.24, 2.45) is 18.9 Å². The van der Waals surface area contributed by atoms with Crippen molar-refractivity contribution in [3.63, 3.8) is 0 Å². The SMILES string of the molecule is Cn1ccnc1C(=O)c1ccc(NC(=O)CCN2C(=O)[C@H]3CCCC[C@@H]3C2=O)cc1. The van der Waals surface area contributed by atoms with Gasteiger partial charge in [-0.2, -0.15) is 0 Å². The number of carbonyl (C=O) groups excluding carboxylic acids is 4. The second-order valence-electron chi connectivity index (χ2n) is 7.89. The summed E-state index contributed by atoms with van der Waals surface area (Å²) in [6.45, 7) is 0.103. The third-order valence-electron chi connectivity index (χ3n) is 5.95. The first-order chi connectivity index (χ1) is 14.5. The Morgan fingerprint density at radius 2 is 1.70 bits per heavy atom. The molecule has 2 fully saturated rings. The number of benzene rings is 1. The first-order valence-electron chi connectivity index (χ1n) is 10.2. The van der Waals surface area contributed by atoms with E-state index in [4.69, 9.17) is 0 Å². The highest BCUT2D eigenvalue weighted by Crippen LogP contribution is 2.37. The number of imidazole rings is 1. The molecule has 8 heteroatoms. The van der Waals surface area contributed by atoms with Crippen LogP contribution >= 0.6 is 0 Å². The van der Waals surface area contributed by atoms with Gasteiger partial charge < -0.3 is 9.88 Å². The summed E-state index contributed by atoms with van der Waals surface area (Å²) < 4.78 is 1.65. The second kappa shape index (κ2) is 8.22. The van der Waals surface area contributed by atoms with Crippen molar-refractivity contribution in [3.05, 3.63) is 48.0 Å². The summed E-state index contributed by atoms with van der Waals surface area (Å²) in [6, 6.07) is 6.55. The quantitative estimate of drug-likeness (QED) is 0.583. The van der Waals surface area contributed by atoms with Crippen LogP contribution < -0.4 is 5.32 Å². The molecule has 2 atom stereocenters. The highest BCUT2D eigenvalue weighted by molar-refractivity contribution is 6.07. The maximum absolute atomic E-state index is 12.5. The van der Waals surface area contributed by atoms with E-state index in [0.717, 1.165) is 25.7 Å². The molecular weight excluding hydrogens is 384 g/mol. The summed E-state index contributed by atoms with van der Waals surface area (Å²) in [6.07, 6.45) is 6.80. The Labute approximate surface area is 174 Å². The molecule has 0 spiro atoms. The predicted molar refractivity (Wildman–Crippen MR) is 108 cm³/mol. The van der Waals surface area contributed by atoms with E-state index in [9.17, 15) is 19.2 Å². The summed E-state index contributed by atoms with van der Waals surface area (Å²) >= 11 is 0. The Bertz CT molecular complexity index is 971. The first-order valence-corrected chi connectivity index (χ1v) is 10.2. The van der Waals surface area contributed by atoms with Crippen molar-refractivity contribution < 1.29 is 19.2 Å².